The molecule has 0 N–H and O–H groups in total. The van der Waals surface area contributed by atoms with Crippen LogP contribution in [0.3, 0.4) is 0 Å². The van der Waals surface area contributed by atoms with E-state index in [2.05, 4.69) is 17.1 Å². The summed E-state index contributed by atoms with van der Waals surface area (Å²) in [5.74, 6) is 0.789. The van der Waals surface area contributed by atoms with Crippen molar-refractivity contribution in [2.45, 2.75) is 13.3 Å². The van der Waals surface area contributed by atoms with Gasteiger partial charge < -0.3 is 4.74 Å². The Morgan fingerprint density at radius 3 is 3.00 bits per heavy atom. The molecule has 3 nitrogen and oxygen atoms in total. The third-order valence-electron chi connectivity index (χ3n) is 1.03. The van der Waals surface area contributed by atoms with Crippen LogP contribution in [0.1, 0.15) is 13.3 Å². The maximum atomic E-state index is 5.25. The van der Waals surface area contributed by atoms with Crippen molar-refractivity contribution in [3.63, 3.8) is 0 Å². The van der Waals surface area contributed by atoms with E-state index in [1.165, 1.54) is 0 Å². The van der Waals surface area contributed by atoms with Gasteiger partial charge in [0.15, 0.2) is 0 Å². The van der Waals surface area contributed by atoms with Gasteiger partial charge in [0, 0.05) is 6.07 Å². The molecule has 0 unspecified atom stereocenters. The summed E-state index contributed by atoms with van der Waals surface area (Å²) in [6.45, 7) is 2.81. The van der Waals surface area contributed by atoms with E-state index < -0.39 is 0 Å². The molecule has 10 heavy (non-hydrogen) atoms. The summed E-state index contributed by atoms with van der Waals surface area (Å²) in [4.78, 5) is 0. The van der Waals surface area contributed by atoms with Gasteiger partial charge in [0.25, 0.3) is 0 Å². The predicted octanol–water partition coefficient (Wildman–Crippen LogP) is 1.27. The lowest BCUT2D eigenvalue weighted by atomic mass is 10.5. The molecule has 0 saturated carbocycles. The van der Waals surface area contributed by atoms with Crippen LogP contribution in [-0.4, -0.2) is 16.8 Å². The second kappa shape index (κ2) is 3.82. The first kappa shape index (κ1) is 6.99. The minimum absolute atomic E-state index is 0.742. The van der Waals surface area contributed by atoms with Crippen LogP contribution in [0.25, 0.3) is 0 Å². The highest BCUT2D eigenvalue weighted by Gasteiger charge is 1.88. The van der Waals surface area contributed by atoms with Crippen molar-refractivity contribution >= 4 is 0 Å². The summed E-state index contributed by atoms with van der Waals surface area (Å²) in [5, 5.41) is 7.29. The van der Waals surface area contributed by atoms with Crippen LogP contribution in [0, 0.1) is 0 Å². The molecule has 0 amide bonds. The Bertz CT molecular complexity index is 176. The van der Waals surface area contributed by atoms with Crippen LogP contribution in [-0.2, 0) is 0 Å². The first-order chi connectivity index (χ1) is 4.93. The fourth-order valence-corrected chi connectivity index (χ4v) is 0.584. The molecular formula is C7H10N2O. The van der Waals surface area contributed by atoms with Crippen molar-refractivity contribution < 1.29 is 4.74 Å². The summed E-state index contributed by atoms with van der Waals surface area (Å²) in [5.41, 5.74) is 0. The Kier molecular flexibility index (Phi) is 2.67. The molecule has 3 heteroatoms. The van der Waals surface area contributed by atoms with E-state index in [0.29, 0.717) is 0 Å². The standard InChI is InChI=1S/C7H10N2O/c1-2-5-10-7-3-4-8-9-6-7/h3-4,6H,2,5H2,1H3. The minimum Gasteiger partial charge on any atom is -0.492 e. The summed E-state index contributed by atoms with van der Waals surface area (Å²) in [6.07, 6.45) is 4.24. The van der Waals surface area contributed by atoms with Crippen molar-refractivity contribution in [1.82, 2.24) is 10.2 Å². The highest BCUT2D eigenvalue weighted by molar-refractivity contribution is 5.12. The van der Waals surface area contributed by atoms with Gasteiger partial charge in [-0.1, -0.05) is 6.92 Å². The second-order valence-electron chi connectivity index (χ2n) is 1.93. The van der Waals surface area contributed by atoms with Gasteiger partial charge >= 0.3 is 0 Å². The van der Waals surface area contributed by atoms with Crippen LogP contribution in [0.2, 0.25) is 0 Å². The Morgan fingerprint density at radius 2 is 2.40 bits per heavy atom. The molecule has 1 heterocycles. The molecule has 0 atom stereocenters. The Labute approximate surface area is 60.0 Å². The summed E-state index contributed by atoms with van der Waals surface area (Å²) in [7, 11) is 0. The zero-order valence-electron chi connectivity index (χ0n) is 5.95. The van der Waals surface area contributed by atoms with Crippen molar-refractivity contribution in [2.24, 2.45) is 0 Å². The Balaban J connectivity index is 2.43. The highest BCUT2D eigenvalue weighted by atomic mass is 16.5. The Morgan fingerprint density at radius 1 is 1.50 bits per heavy atom. The lowest BCUT2D eigenvalue weighted by Gasteiger charge is -2.00. The molecule has 0 spiro atoms. The molecule has 0 saturated heterocycles. The predicted molar refractivity (Wildman–Crippen MR) is 37.8 cm³/mol. The smallest absolute Gasteiger partial charge is 0.141 e. The molecule has 54 valence electrons. The van der Waals surface area contributed by atoms with E-state index >= 15 is 0 Å². The van der Waals surface area contributed by atoms with E-state index in [1.54, 1.807) is 18.5 Å². The highest BCUT2D eigenvalue weighted by Crippen LogP contribution is 2.04. The maximum Gasteiger partial charge on any atom is 0.141 e. The fraction of sp³-hybridized carbons (Fsp3) is 0.429. The largest absolute Gasteiger partial charge is 0.492 e. The molecule has 1 aromatic heterocycles. The average molecular weight is 138 g/mol. The van der Waals surface area contributed by atoms with Crippen LogP contribution < -0.4 is 4.74 Å². The SMILES string of the molecule is CCCOc1ccnnc1. The van der Waals surface area contributed by atoms with Crippen molar-refractivity contribution in [3.05, 3.63) is 18.5 Å². The minimum atomic E-state index is 0.742. The molecule has 0 fully saturated rings. The molecule has 0 aliphatic heterocycles. The van der Waals surface area contributed by atoms with Crippen LogP contribution in [0.15, 0.2) is 18.5 Å². The molecule has 0 aliphatic carbocycles. The molecule has 0 bridgehead atoms. The van der Waals surface area contributed by atoms with Gasteiger partial charge in [-0.3, -0.25) is 0 Å². The third-order valence-corrected chi connectivity index (χ3v) is 1.03. The van der Waals surface area contributed by atoms with Crippen LogP contribution >= 0.6 is 0 Å². The van der Waals surface area contributed by atoms with Crippen LogP contribution in [0.4, 0.5) is 0 Å². The number of hydrogen-bond acceptors (Lipinski definition) is 3. The van der Waals surface area contributed by atoms with E-state index in [4.69, 9.17) is 4.74 Å². The average Bonchev–Trinajstić information content (AvgIpc) is 2.03. The van der Waals surface area contributed by atoms with E-state index in [1.807, 2.05) is 0 Å². The van der Waals surface area contributed by atoms with Gasteiger partial charge in [0.2, 0.25) is 0 Å². The third kappa shape index (κ3) is 2.01. The molecule has 0 aromatic carbocycles. The molecule has 1 rings (SSSR count). The van der Waals surface area contributed by atoms with Crippen molar-refractivity contribution in [3.8, 4) is 5.75 Å². The number of rotatable bonds is 3. The number of hydrogen-bond donors (Lipinski definition) is 0. The van der Waals surface area contributed by atoms with E-state index in [9.17, 15) is 0 Å². The first-order valence-corrected chi connectivity index (χ1v) is 3.33. The Hall–Kier alpha value is -1.12. The van der Waals surface area contributed by atoms with Crippen molar-refractivity contribution in [2.75, 3.05) is 6.61 Å². The lowest BCUT2D eigenvalue weighted by Crippen LogP contribution is -1.95. The normalized spacial score (nSPS) is 9.30. The monoisotopic (exact) mass is 138 g/mol. The summed E-state index contributed by atoms with van der Waals surface area (Å²) < 4.78 is 5.25. The first-order valence-electron chi connectivity index (χ1n) is 3.33. The zero-order valence-corrected chi connectivity index (χ0v) is 5.95. The maximum absolute atomic E-state index is 5.25. The van der Waals surface area contributed by atoms with Gasteiger partial charge in [-0.25, -0.2) is 0 Å². The topological polar surface area (TPSA) is 35.0 Å². The number of nitrogens with zero attached hydrogens (tertiary/aromatic N) is 2. The zero-order chi connectivity index (χ0) is 7.23. The molecule has 0 aliphatic rings. The molecular weight excluding hydrogens is 128 g/mol. The summed E-state index contributed by atoms with van der Waals surface area (Å²) in [6, 6.07) is 1.79. The van der Waals surface area contributed by atoms with E-state index in [0.717, 1.165) is 18.8 Å². The van der Waals surface area contributed by atoms with E-state index in [-0.39, 0.29) is 0 Å². The van der Waals surface area contributed by atoms with Gasteiger partial charge in [-0.05, 0) is 6.42 Å². The fourth-order valence-electron chi connectivity index (χ4n) is 0.584. The van der Waals surface area contributed by atoms with Gasteiger partial charge in [-0.15, -0.1) is 0 Å². The van der Waals surface area contributed by atoms with Crippen molar-refractivity contribution in [1.29, 1.82) is 0 Å². The lowest BCUT2D eigenvalue weighted by molar-refractivity contribution is 0.315. The van der Waals surface area contributed by atoms with Gasteiger partial charge in [0.1, 0.15) is 5.75 Å². The quantitative estimate of drug-likeness (QED) is 0.630. The number of ether oxygens (including phenoxy) is 1. The summed E-state index contributed by atoms with van der Waals surface area (Å²) >= 11 is 0. The second-order valence-corrected chi connectivity index (χ2v) is 1.93. The molecule has 1 aromatic rings. The van der Waals surface area contributed by atoms with Gasteiger partial charge in [0.05, 0.1) is 19.0 Å². The number of aromatic nitrogens is 2. The van der Waals surface area contributed by atoms with Crippen LogP contribution in [0.5, 0.6) is 5.75 Å². The molecule has 0 radical (unpaired) electrons. The van der Waals surface area contributed by atoms with Gasteiger partial charge in [-0.2, -0.15) is 10.2 Å².